The quantitative estimate of drug-likeness (QED) is 0.777. The van der Waals surface area contributed by atoms with Crippen molar-refractivity contribution in [2.24, 2.45) is 0 Å². The fourth-order valence-electron chi connectivity index (χ4n) is 2.74. The third kappa shape index (κ3) is 2.57. The first-order valence-corrected chi connectivity index (χ1v) is 7.39. The summed E-state index contributed by atoms with van der Waals surface area (Å²) in [4.78, 5) is 20.2. The highest BCUT2D eigenvalue weighted by Crippen LogP contribution is 2.25. The molecule has 23 heavy (non-hydrogen) atoms. The second-order valence-electron chi connectivity index (χ2n) is 5.50. The maximum absolute atomic E-state index is 11.1. The van der Waals surface area contributed by atoms with E-state index in [1.165, 1.54) is 4.68 Å². The minimum absolute atomic E-state index is 0.112. The van der Waals surface area contributed by atoms with Gasteiger partial charge in [-0.2, -0.15) is 5.10 Å². The lowest BCUT2D eigenvalue weighted by atomic mass is 10.1. The summed E-state index contributed by atoms with van der Waals surface area (Å²) in [6, 6.07) is 5.68. The molecule has 1 atom stereocenters. The van der Waals surface area contributed by atoms with Gasteiger partial charge >= 0.3 is 5.97 Å². The van der Waals surface area contributed by atoms with Gasteiger partial charge in [-0.05, 0) is 18.6 Å². The topological polar surface area (TPSA) is 94.5 Å². The summed E-state index contributed by atoms with van der Waals surface area (Å²) in [7, 11) is 0. The number of carboxylic acids is 1. The van der Waals surface area contributed by atoms with Crippen molar-refractivity contribution in [3.63, 3.8) is 0 Å². The van der Waals surface area contributed by atoms with Gasteiger partial charge in [0.15, 0.2) is 11.6 Å². The van der Waals surface area contributed by atoms with Crippen LogP contribution in [0.15, 0.2) is 30.6 Å². The van der Waals surface area contributed by atoms with Crippen LogP contribution < -0.4 is 0 Å². The van der Waals surface area contributed by atoms with Gasteiger partial charge in [-0.25, -0.2) is 14.6 Å². The second-order valence-corrected chi connectivity index (χ2v) is 5.50. The molecule has 8 heteroatoms. The number of rotatable bonds is 4. The molecule has 1 aliphatic heterocycles. The minimum atomic E-state index is -0.964. The number of ether oxygens (including phenoxy) is 1. The standard InChI is InChI=1S/C15H15N5O3/c21-13(22)8-20-15(17-14(18-20)10-4-6-23-9-10)11-7-19-5-2-1-3-12(19)16-11/h1-3,5,7,10H,4,6,8-9H2,(H,21,22)/t10-/m0/s1. The van der Waals surface area contributed by atoms with Gasteiger partial charge in [0.2, 0.25) is 0 Å². The fraction of sp³-hybridized carbons (Fsp3) is 0.333. The second kappa shape index (κ2) is 5.47. The van der Waals surface area contributed by atoms with E-state index in [0.29, 0.717) is 30.6 Å². The average Bonchev–Trinajstić information content (AvgIpc) is 3.25. The van der Waals surface area contributed by atoms with Crippen LogP contribution in [0.2, 0.25) is 0 Å². The molecule has 0 radical (unpaired) electrons. The number of aromatic nitrogens is 5. The van der Waals surface area contributed by atoms with Crippen LogP contribution in [-0.2, 0) is 16.1 Å². The molecule has 118 valence electrons. The van der Waals surface area contributed by atoms with E-state index in [9.17, 15) is 4.79 Å². The van der Waals surface area contributed by atoms with Gasteiger partial charge in [0.1, 0.15) is 17.9 Å². The van der Waals surface area contributed by atoms with Crippen LogP contribution in [0.1, 0.15) is 18.2 Å². The molecule has 1 saturated heterocycles. The lowest BCUT2D eigenvalue weighted by Crippen LogP contribution is -2.12. The molecule has 0 bridgehead atoms. The Bertz CT molecular complexity index is 830. The first kappa shape index (κ1) is 13.9. The van der Waals surface area contributed by atoms with E-state index in [0.717, 1.165) is 12.1 Å². The number of carbonyl (C=O) groups is 1. The Balaban J connectivity index is 1.79. The number of hydrogen-bond acceptors (Lipinski definition) is 5. The minimum Gasteiger partial charge on any atom is -0.480 e. The molecule has 3 aromatic heterocycles. The van der Waals surface area contributed by atoms with Crippen molar-refractivity contribution in [3.05, 3.63) is 36.4 Å². The van der Waals surface area contributed by atoms with Gasteiger partial charge in [0, 0.05) is 24.9 Å². The lowest BCUT2D eigenvalue weighted by Gasteiger charge is -2.00. The largest absolute Gasteiger partial charge is 0.480 e. The van der Waals surface area contributed by atoms with Crippen molar-refractivity contribution in [1.82, 2.24) is 24.1 Å². The molecule has 0 unspecified atom stereocenters. The van der Waals surface area contributed by atoms with Crippen LogP contribution in [0, 0.1) is 0 Å². The molecule has 4 rings (SSSR count). The first-order chi connectivity index (χ1) is 11.2. The van der Waals surface area contributed by atoms with Gasteiger partial charge in [-0.1, -0.05) is 6.07 Å². The summed E-state index contributed by atoms with van der Waals surface area (Å²) in [5.41, 5.74) is 1.38. The van der Waals surface area contributed by atoms with E-state index in [4.69, 9.17) is 9.84 Å². The van der Waals surface area contributed by atoms with Crippen molar-refractivity contribution in [2.45, 2.75) is 18.9 Å². The van der Waals surface area contributed by atoms with Crippen LogP contribution in [0.3, 0.4) is 0 Å². The van der Waals surface area contributed by atoms with E-state index in [-0.39, 0.29) is 12.5 Å². The normalized spacial score (nSPS) is 17.8. The van der Waals surface area contributed by atoms with Crippen molar-refractivity contribution in [2.75, 3.05) is 13.2 Å². The first-order valence-electron chi connectivity index (χ1n) is 7.39. The molecule has 1 fully saturated rings. The zero-order valence-electron chi connectivity index (χ0n) is 12.3. The molecule has 8 nitrogen and oxygen atoms in total. The van der Waals surface area contributed by atoms with E-state index >= 15 is 0 Å². The Morgan fingerprint density at radius 1 is 1.39 bits per heavy atom. The summed E-state index contributed by atoms with van der Waals surface area (Å²) in [5, 5.41) is 13.5. The van der Waals surface area contributed by atoms with E-state index in [1.54, 1.807) is 0 Å². The van der Waals surface area contributed by atoms with Crippen LogP contribution in [0.4, 0.5) is 0 Å². The van der Waals surface area contributed by atoms with Crippen LogP contribution in [-0.4, -0.2) is 48.4 Å². The van der Waals surface area contributed by atoms with Gasteiger partial charge in [0.25, 0.3) is 0 Å². The molecule has 0 amide bonds. The summed E-state index contributed by atoms with van der Waals surface area (Å²) in [6.07, 6.45) is 4.56. The van der Waals surface area contributed by atoms with E-state index < -0.39 is 5.97 Å². The Morgan fingerprint density at radius 2 is 2.30 bits per heavy atom. The smallest absolute Gasteiger partial charge is 0.325 e. The Kier molecular flexibility index (Phi) is 3.30. The predicted octanol–water partition coefficient (Wildman–Crippen LogP) is 1.18. The SMILES string of the molecule is O=C(O)Cn1nc([C@H]2CCOC2)nc1-c1cn2ccccc2n1. The Morgan fingerprint density at radius 3 is 3.04 bits per heavy atom. The molecule has 3 aromatic rings. The molecule has 1 aliphatic rings. The van der Waals surface area contributed by atoms with Gasteiger partial charge in [-0.15, -0.1) is 0 Å². The van der Waals surface area contributed by atoms with Crippen molar-refractivity contribution in [3.8, 4) is 11.5 Å². The van der Waals surface area contributed by atoms with Gasteiger partial charge in [-0.3, -0.25) is 4.79 Å². The molecule has 4 heterocycles. The number of pyridine rings is 1. The molecule has 0 saturated carbocycles. The predicted molar refractivity (Wildman–Crippen MR) is 80.0 cm³/mol. The van der Waals surface area contributed by atoms with Gasteiger partial charge in [0.05, 0.1) is 6.61 Å². The summed E-state index contributed by atoms with van der Waals surface area (Å²) < 4.78 is 8.64. The van der Waals surface area contributed by atoms with Crippen LogP contribution in [0.25, 0.3) is 17.2 Å². The monoisotopic (exact) mass is 313 g/mol. The van der Waals surface area contributed by atoms with Crippen molar-refractivity contribution < 1.29 is 14.6 Å². The molecular formula is C15H15N5O3. The lowest BCUT2D eigenvalue weighted by molar-refractivity contribution is -0.137. The summed E-state index contributed by atoms with van der Waals surface area (Å²) in [5.74, 6) is 0.240. The Hall–Kier alpha value is -2.74. The number of nitrogens with zero attached hydrogens (tertiary/aromatic N) is 5. The summed E-state index contributed by atoms with van der Waals surface area (Å²) in [6.45, 7) is 1.01. The number of fused-ring (bicyclic) bond motifs is 1. The number of aliphatic carboxylic acids is 1. The van der Waals surface area contributed by atoms with Crippen LogP contribution in [0.5, 0.6) is 0 Å². The molecular weight excluding hydrogens is 298 g/mol. The fourth-order valence-corrected chi connectivity index (χ4v) is 2.74. The average molecular weight is 313 g/mol. The highest BCUT2D eigenvalue weighted by Gasteiger charge is 2.25. The highest BCUT2D eigenvalue weighted by atomic mass is 16.5. The van der Waals surface area contributed by atoms with Gasteiger partial charge < -0.3 is 14.2 Å². The van der Waals surface area contributed by atoms with Crippen molar-refractivity contribution >= 4 is 11.6 Å². The maximum atomic E-state index is 11.1. The third-order valence-electron chi connectivity index (χ3n) is 3.86. The number of carboxylic acid groups (broad SMARTS) is 1. The summed E-state index contributed by atoms with van der Waals surface area (Å²) >= 11 is 0. The number of imidazole rings is 1. The Labute approximate surface area is 131 Å². The number of hydrogen-bond donors (Lipinski definition) is 1. The molecule has 0 aromatic carbocycles. The third-order valence-corrected chi connectivity index (χ3v) is 3.86. The van der Waals surface area contributed by atoms with Crippen LogP contribution >= 0.6 is 0 Å². The maximum Gasteiger partial charge on any atom is 0.325 e. The zero-order valence-corrected chi connectivity index (χ0v) is 12.3. The van der Waals surface area contributed by atoms with E-state index in [1.807, 2.05) is 35.0 Å². The zero-order chi connectivity index (χ0) is 15.8. The highest BCUT2D eigenvalue weighted by molar-refractivity contribution is 5.67. The molecule has 1 N–H and O–H groups in total. The molecule has 0 spiro atoms. The molecule has 0 aliphatic carbocycles. The van der Waals surface area contributed by atoms with E-state index in [2.05, 4.69) is 15.1 Å². The van der Waals surface area contributed by atoms with Crippen molar-refractivity contribution in [1.29, 1.82) is 0 Å².